The number of hydrogen-bond acceptors (Lipinski definition) is 6. The molecule has 0 bridgehead atoms. The van der Waals surface area contributed by atoms with Crippen molar-refractivity contribution in [3.63, 3.8) is 0 Å². The molecule has 6 heteroatoms. The molecular weight excluding hydrogens is 452 g/mol. The first-order chi connectivity index (χ1) is 17.8. The van der Waals surface area contributed by atoms with E-state index in [2.05, 4.69) is 17.1 Å². The smallest absolute Gasteiger partial charge is 0.213 e. The first kappa shape index (κ1) is 24.2. The Labute approximate surface area is 212 Å². The average Bonchev–Trinajstić information content (AvgIpc) is 2.93. The standard InChI is InChI=1S/C30H32N2O4/c1-22-28(21-35-29-17-25(11-14-31-29)19-34-18-24-12-15-33-16-13-24)32-27-10-6-5-9-26(27)30(22)36-20-23-7-3-2-4-8-23/h2-11,14,17,24H,12-13,15-16,18-21H2,1H3. The maximum absolute atomic E-state index is 6.31. The van der Waals surface area contributed by atoms with Gasteiger partial charge < -0.3 is 18.9 Å². The molecule has 0 unspecified atom stereocenters. The zero-order valence-corrected chi connectivity index (χ0v) is 20.7. The Bertz CT molecular complexity index is 1270. The summed E-state index contributed by atoms with van der Waals surface area (Å²) in [5, 5.41) is 0.997. The van der Waals surface area contributed by atoms with Crippen LogP contribution < -0.4 is 9.47 Å². The predicted octanol–water partition coefficient (Wildman–Crippen LogP) is 6.04. The fraction of sp³-hybridized carbons (Fsp3) is 0.333. The molecule has 6 nitrogen and oxygen atoms in total. The molecule has 3 heterocycles. The number of benzene rings is 2. The van der Waals surface area contributed by atoms with E-state index in [1.165, 1.54) is 0 Å². The van der Waals surface area contributed by atoms with Crippen LogP contribution >= 0.6 is 0 Å². The van der Waals surface area contributed by atoms with Crippen LogP contribution in [0.2, 0.25) is 0 Å². The van der Waals surface area contributed by atoms with Gasteiger partial charge in [0.2, 0.25) is 5.88 Å². The molecule has 0 N–H and O–H groups in total. The third kappa shape index (κ3) is 6.20. The second kappa shape index (κ2) is 12.0. The molecule has 1 fully saturated rings. The quantitative estimate of drug-likeness (QED) is 0.273. The third-order valence-electron chi connectivity index (χ3n) is 6.52. The van der Waals surface area contributed by atoms with Gasteiger partial charge in [-0.15, -0.1) is 0 Å². The van der Waals surface area contributed by atoms with E-state index in [-0.39, 0.29) is 0 Å². The minimum Gasteiger partial charge on any atom is -0.488 e. The first-order valence-electron chi connectivity index (χ1n) is 12.5. The molecule has 0 aliphatic carbocycles. The Morgan fingerprint density at radius 3 is 2.53 bits per heavy atom. The molecule has 4 aromatic rings. The number of hydrogen-bond donors (Lipinski definition) is 0. The highest BCUT2D eigenvalue weighted by Gasteiger charge is 2.15. The van der Waals surface area contributed by atoms with E-state index in [1.807, 2.05) is 61.5 Å². The van der Waals surface area contributed by atoms with E-state index in [0.29, 0.717) is 31.6 Å². The van der Waals surface area contributed by atoms with E-state index in [9.17, 15) is 0 Å². The molecule has 1 aliphatic heterocycles. The third-order valence-corrected chi connectivity index (χ3v) is 6.52. The lowest BCUT2D eigenvalue weighted by Gasteiger charge is -2.21. The van der Waals surface area contributed by atoms with Crippen molar-refractivity contribution in [2.75, 3.05) is 19.8 Å². The number of para-hydroxylation sites is 1. The summed E-state index contributed by atoms with van der Waals surface area (Å²) in [5.74, 6) is 1.98. The highest BCUT2D eigenvalue weighted by Crippen LogP contribution is 2.31. The molecule has 2 aromatic heterocycles. The second-order valence-electron chi connectivity index (χ2n) is 9.17. The summed E-state index contributed by atoms with van der Waals surface area (Å²) in [6.07, 6.45) is 3.90. The van der Waals surface area contributed by atoms with Crippen LogP contribution in [-0.2, 0) is 29.3 Å². The van der Waals surface area contributed by atoms with E-state index < -0.39 is 0 Å². The maximum Gasteiger partial charge on any atom is 0.213 e. The molecular formula is C30H32N2O4. The Morgan fingerprint density at radius 2 is 1.67 bits per heavy atom. The highest BCUT2D eigenvalue weighted by atomic mass is 16.5. The lowest BCUT2D eigenvalue weighted by molar-refractivity contribution is 0.0157. The molecule has 0 radical (unpaired) electrons. The van der Waals surface area contributed by atoms with Gasteiger partial charge >= 0.3 is 0 Å². The summed E-state index contributed by atoms with van der Waals surface area (Å²) in [4.78, 5) is 9.25. The van der Waals surface area contributed by atoms with Crippen LogP contribution in [0.15, 0.2) is 72.9 Å². The Hall–Kier alpha value is -3.48. The average molecular weight is 485 g/mol. The van der Waals surface area contributed by atoms with Crippen molar-refractivity contribution >= 4 is 10.9 Å². The van der Waals surface area contributed by atoms with E-state index in [1.54, 1.807) is 6.20 Å². The topological polar surface area (TPSA) is 62.7 Å². The van der Waals surface area contributed by atoms with Crippen LogP contribution in [0.25, 0.3) is 10.9 Å². The predicted molar refractivity (Wildman–Crippen MR) is 139 cm³/mol. The molecule has 5 rings (SSSR count). The van der Waals surface area contributed by atoms with Crippen molar-refractivity contribution in [3.05, 3.63) is 95.3 Å². The molecule has 0 saturated carbocycles. The number of rotatable bonds is 10. The summed E-state index contributed by atoms with van der Waals surface area (Å²) < 4.78 is 23.8. The number of aromatic nitrogens is 2. The molecule has 0 amide bonds. The van der Waals surface area contributed by atoms with Crippen LogP contribution in [0.1, 0.15) is 35.2 Å². The van der Waals surface area contributed by atoms with E-state index in [0.717, 1.165) is 71.7 Å². The van der Waals surface area contributed by atoms with Gasteiger partial charge in [0, 0.05) is 36.4 Å². The summed E-state index contributed by atoms with van der Waals surface area (Å²) in [6, 6.07) is 22.1. The molecule has 186 valence electrons. The zero-order chi connectivity index (χ0) is 24.6. The summed E-state index contributed by atoms with van der Waals surface area (Å²) in [7, 11) is 0. The first-order valence-corrected chi connectivity index (χ1v) is 12.5. The zero-order valence-electron chi connectivity index (χ0n) is 20.7. The Morgan fingerprint density at radius 1 is 0.861 bits per heavy atom. The minimum atomic E-state index is 0.303. The van der Waals surface area contributed by atoms with Crippen LogP contribution in [-0.4, -0.2) is 29.8 Å². The van der Waals surface area contributed by atoms with Crippen molar-refractivity contribution in [3.8, 4) is 11.6 Å². The number of nitrogens with zero attached hydrogens (tertiary/aromatic N) is 2. The summed E-state index contributed by atoms with van der Waals surface area (Å²) >= 11 is 0. The van der Waals surface area contributed by atoms with Gasteiger partial charge in [-0.05, 0) is 55.0 Å². The molecule has 1 aliphatic rings. The van der Waals surface area contributed by atoms with Crippen molar-refractivity contribution in [2.45, 2.75) is 39.6 Å². The number of fused-ring (bicyclic) bond motifs is 1. The molecule has 0 atom stereocenters. The van der Waals surface area contributed by atoms with E-state index >= 15 is 0 Å². The summed E-state index contributed by atoms with van der Waals surface area (Å²) in [5.41, 5.74) is 4.85. The van der Waals surface area contributed by atoms with Gasteiger partial charge in [-0.3, -0.25) is 0 Å². The van der Waals surface area contributed by atoms with Gasteiger partial charge in [0.05, 0.1) is 24.4 Å². The van der Waals surface area contributed by atoms with Gasteiger partial charge in [-0.1, -0.05) is 42.5 Å². The van der Waals surface area contributed by atoms with Gasteiger partial charge in [-0.2, -0.15) is 0 Å². The molecule has 36 heavy (non-hydrogen) atoms. The van der Waals surface area contributed by atoms with Crippen LogP contribution in [0.3, 0.4) is 0 Å². The Kier molecular flexibility index (Phi) is 8.06. The SMILES string of the molecule is Cc1c(COc2cc(COCC3CCOCC3)ccn2)nc2ccccc2c1OCc1ccccc1. The lowest BCUT2D eigenvalue weighted by Crippen LogP contribution is -2.20. The number of ether oxygens (including phenoxy) is 4. The number of pyridine rings is 2. The summed E-state index contributed by atoms with van der Waals surface area (Å²) in [6.45, 7) is 5.80. The van der Waals surface area contributed by atoms with Gasteiger partial charge in [0.25, 0.3) is 0 Å². The van der Waals surface area contributed by atoms with Crippen molar-refractivity contribution in [2.24, 2.45) is 5.92 Å². The maximum atomic E-state index is 6.31. The van der Waals surface area contributed by atoms with Crippen LogP contribution in [0, 0.1) is 12.8 Å². The second-order valence-corrected chi connectivity index (χ2v) is 9.17. The largest absolute Gasteiger partial charge is 0.488 e. The van der Waals surface area contributed by atoms with Crippen LogP contribution in [0.4, 0.5) is 0 Å². The van der Waals surface area contributed by atoms with Gasteiger partial charge in [-0.25, -0.2) is 9.97 Å². The van der Waals surface area contributed by atoms with Crippen molar-refractivity contribution < 1.29 is 18.9 Å². The van der Waals surface area contributed by atoms with Crippen molar-refractivity contribution in [1.82, 2.24) is 9.97 Å². The lowest BCUT2D eigenvalue weighted by atomic mass is 10.0. The van der Waals surface area contributed by atoms with Crippen LogP contribution in [0.5, 0.6) is 11.6 Å². The fourth-order valence-electron chi connectivity index (χ4n) is 4.40. The highest BCUT2D eigenvalue weighted by molar-refractivity contribution is 5.86. The fourth-order valence-corrected chi connectivity index (χ4v) is 4.40. The van der Waals surface area contributed by atoms with Gasteiger partial charge in [0.1, 0.15) is 19.0 Å². The monoisotopic (exact) mass is 484 g/mol. The van der Waals surface area contributed by atoms with E-state index in [4.69, 9.17) is 23.9 Å². The van der Waals surface area contributed by atoms with Gasteiger partial charge in [0.15, 0.2) is 0 Å². The van der Waals surface area contributed by atoms with Crippen molar-refractivity contribution in [1.29, 1.82) is 0 Å². The molecule has 2 aromatic carbocycles. The molecule has 0 spiro atoms. The minimum absolute atomic E-state index is 0.303. The molecule has 1 saturated heterocycles. The Balaban J connectivity index is 1.26. The normalized spacial score (nSPS) is 14.1.